The summed E-state index contributed by atoms with van der Waals surface area (Å²) >= 11 is 0. The van der Waals surface area contributed by atoms with Gasteiger partial charge in [-0.05, 0) is 42.7 Å². The normalized spacial score (nSPS) is 10.8. The van der Waals surface area contributed by atoms with Crippen molar-refractivity contribution in [3.05, 3.63) is 71.8 Å². The number of hydrogen-bond donors (Lipinski definition) is 1. The summed E-state index contributed by atoms with van der Waals surface area (Å²) in [5, 5.41) is 8.87. The zero-order chi connectivity index (χ0) is 13.9. The molecule has 0 aliphatic rings. The Morgan fingerprint density at radius 3 is 2.65 bits per heavy atom. The highest BCUT2D eigenvalue weighted by molar-refractivity contribution is 5.87. The number of benzene rings is 1. The molecule has 0 saturated carbocycles. The Bertz CT molecular complexity index is 745. The molecule has 0 spiro atoms. The molecule has 20 heavy (non-hydrogen) atoms. The van der Waals surface area contributed by atoms with Crippen molar-refractivity contribution in [2.75, 3.05) is 0 Å². The Morgan fingerprint density at radius 1 is 1.10 bits per heavy atom. The van der Waals surface area contributed by atoms with E-state index in [1.165, 1.54) is 5.69 Å². The summed E-state index contributed by atoms with van der Waals surface area (Å²) in [6, 6.07) is 13.2. The molecule has 0 unspecified atom stereocenters. The van der Waals surface area contributed by atoms with E-state index in [1.807, 2.05) is 36.8 Å². The summed E-state index contributed by atoms with van der Waals surface area (Å²) in [5.41, 5.74) is 3.74. The van der Waals surface area contributed by atoms with Crippen LogP contribution in [-0.4, -0.2) is 20.5 Å². The van der Waals surface area contributed by atoms with E-state index in [-0.39, 0.29) is 0 Å². The highest BCUT2D eigenvalue weighted by atomic mass is 16.4. The molecule has 0 aliphatic carbocycles. The fourth-order valence-corrected chi connectivity index (χ4v) is 2.30. The van der Waals surface area contributed by atoms with Crippen molar-refractivity contribution in [2.45, 2.75) is 12.8 Å². The molecule has 1 aromatic carbocycles. The zero-order valence-corrected chi connectivity index (χ0v) is 10.9. The second-order valence-corrected chi connectivity index (χ2v) is 4.71. The summed E-state index contributed by atoms with van der Waals surface area (Å²) in [7, 11) is 0. The molecular weight excluding hydrogens is 252 g/mol. The minimum atomic E-state index is -0.889. The number of pyridine rings is 1. The third-order valence-corrected chi connectivity index (χ3v) is 3.40. The Hall–Kier alpha value is -2.62. The third-order valence-electron chi connectivity index (χ3n) is 3.40. The van der Waals surface area contributed by atoms with Crippen LogP contribution in [0.4, 0.5) is 0 Å². The Labute approximate surface area is 116 Å². The lowest BCUT2D eigenvalue weighted by atomic mass is 10.1. The van der Waals surface area contributed by atoms with Crippen molar-refractivity contribution in [1.29, 1.82) is 0 Å². The predicted octanol–water partition coefficient (Wildman–Crippen LogP) is 2.82. The van der Waals surface area contributed by atoms with E-state index in [4.69, 9.17) is 5.11 Å². The fraction of sp³-hybridized carbons (Fsp3) is 0.125. The monoisotopic (exact) mass is 266 g/mol. The number of imidazole rings is 1. The molecule has 2 heterocycles. The summed E-state index contributed by atoms with van der Waals surface area (Å²) < 4.78 is 2.08. The van der Waals surface area contributed by atoms with Gasteiger partial charge in [0.1, 0.15) is 0 Å². The number of rotatable bonds is 4. The van der Waals surface area contributed by atoms with Crippen LogP contribution in [0.15, 0.2) is 55.0 Å². The number of carboxylic acids is 1. The molecule has 0 radical (unpaired) electrons. The molecular formula is C16H14N2O2. The van der Waals surface area contributed by atoms with Crippen LogP contribution in [0.1, 0.15) is 21.6 Å². The first-order chi connectivity index (χ1) is 9.74. The first kappa shape index (κ1) is 12.4. The van der Waals surface area contributed by atoms with Crippen LogP contribution in [0, 0.1) is 0 Å². The average molecular weight is 266 g/mol. The number of hydrogen-bond acceptors (Lipinski definition) is 2. The lowest BCUT2D eigenvalue weighted by Gasteiger charge is -2.06. The van der Waals surface area contributed by atoms with E-state index < -0.39 is 5.97 Å². The first-order valence-corrected chi connectivity index (χ1v) is 6.46. The lowest BCUT2D eigenvalue weighted by molar-refractivity contribution is 0.0697. The second-order valence-electron chi connectivity index (χ2n) is 4.71. The number of aryl methyl sites for hydroxylation is 2. The van der Waals surface area contributed by atoms with Crippen molar-refractivity contribution < 1.29 is 9.90 Å². The molecule has 0 amide bonds. The van der Waals surface area contributed by atoms with E-state index >= 15 is 0 Å². The van der Waals surface area contributed by atoms with Gasteiger partial charge < -0.3 is 9.51 Å². The van der Waals surface area contributed by atoms with E-state index in [9.17, 15) is 4.79 Å². The third kappa shape index (κ3) is 2.40. The molecule has 0 fully saturated rings. The molecule has 0 atom stereocenters. The van der Waals surface area contributed by atoms with Crippen LogP contribution in [0.2, 0.25) is 0 Å². The predicted molar refractivity (Wildman–Crippen MR) is 76.0 cm³/mol. The van der Waals surface area contributed by atoms with Crippen LogP contribution >= 0.6 is 0 Å². The van der Waals surface area contributed by atoms with Gasteiger partial charge in [-0.25, -0.2) is 9.78 Å². The molecule has 100 valence electrons. The van der Waals surface area contributed by atoms with E-state index in [0.717, 1.165) is 23.9 Å². The molecule has 0 aliphatic heterocycles. The first-order valence-electron chi connectivity index (χ1n) is 6.46. The lowest BCUT2D eigenvalue weighted by Crippen LogP contribution is -1.99. The van der Waals surface area contributed by atoms with E-state index in [0.29, 0.717) is 5.56 Å². The molecule has 0 saturated heterocycles. The quantitative estimate of drug-likeness (QED) is 0.790. The molecule has 3 aromatic rings. The van der Waals surface area contributed by atoms with Crippen LogP contribution in [-0.2, 0) is 12.8 Å². The number of aromatic nitrogens is 2. The number of carboxylic acid groups (broad SMARTS) is 1. The summed E-state index contributed by atoms with van der Waals surface area (Å²) in [6.07, 6.45) is 5.42. The van der Waals surface area contributed by atoms with Gasteiger partial charge in [-0.1, -0.05) is 18.2 Å². The SMILES string of the molecule is O=C(O)c1ccc(CCc2cccc3cncn23)cc1. The van der Waals surface area contributed by atoms with Crippen LogP contribution < -0.4 is 0 Å². The zero-order valence-electron chi connectivity index (χ0n) is 10.9. The largest absolute Gasteiger partial charge is 0.478 e. The van der Waals surface area contributed by atoms with Gasteiger partial charge in [-0.15, -0.1) is 0 Å². The van der Waals surface area contributed by atoms with Crippen molar-refractivity contribution in [3.63, 3.8) is 0 Å². The molecule has 4 heteroatoms. The molecule has 1 N–H and O–H groups in total. The van der Waals surface area contributed by atoms with Gasteiger partial charge in [0, 0.05) is 5.69 Å². The summed E-state index contributed by atoms with van der Waals surface area (Å²) in [6.45, 7) is 0. The maximum atomic E-state index is 10.8. The number of aromatic carboxylic acids is 1. The summed E-state index contributed by atoms with van der Waals surface area (Å²) in [5.74, 6) is -0.889. The van der Waals surface area contributed by atoms with Gasteiger partial charge in [0.05, 0.1) is 23.6 Å². The van der Waals surface area contributed by atoms with Gasteiger partial charge >= 0.3 is 5.97 Å². The minimum absolute atomic E-state index is 0.325. The maximum absolute atomic E-state index is 10.8. The van der Waals surface area contributed by atoms with Gasteiger partial charge in [-0.3, -0.25) is 0 Å². The average Bonchev–Trinajstić information content (AvgIpc) is 2.94. The van der Waals surface area contributed by atoms with Crippen molar-refractivity contribution in [2.24, 2.45) is 0 Å². The highest BCUT2D eigenvalue weighted by Gasteiger charge is 2.04. The van der Waals surface area contributed by atoms with Crippen LogP contribution in [0.5, 0.6) is 0 Å². The fourth-order valence-electron chi connectivity index (χ4n) is 2.30. The molecule has 0 bridgehead atoms. The highest BCUT2D eigenvalue weighted by Crippen LogP contribution is 2.11. The van der Waals surface area contributed by atoms with Crippen molar-refractivity contribution in [1.82, 2.24) is 9.38 Å². The van der Waals surface area contributed by atoms with Gasteiger partial charge in [0.2, 0.25) is 0 Å². The smallest absolute Gasteiger partial charge is 0.335 e. The standard InChI is InChI=1S/C16H14N2O2/c19-16(20)13-7-4-12(5-8-13)6-9-14-2-1-3-15-10-17-11-18(14)15/h1-5,7-8,10-11H,6,9H2,(H,19,20). The van der Waals surface area contributed by atoms with Gasteiger partial charge in [0.25, 0.3) is 0 Å². The van der Waals surface area contributed by atoms with Crippen molar-refractivity contribution >= 4 is 11.5 Å². The van der Waals surface area contributed by atoms with E-state index in [1.54, 1.807) is 12.1 Å². The van der Waals surface area contributed by atoms with Crippen molar-refractivity contribution in [3.8, 4) is 0 Å². The Balaban J connectivity index is 1.76. The van der Waals surface area contributed by atoms with Gasteiger partial charge in [-0.2, -0.15) is 0 Å². The van der Waals surface area contributed by atoms with E-state index in [2.05, 4.69) is 15.5 Å². The number of fused-ring (bicyclic) bond motifs is 1. The van der Waals surface area contributed by atoms with Crippen LogP contribution in [0.25, 0.3) is 5.52 Å². The number of nitrogens with zero attached hydrogens (tertiary/aromatic N) is 2. The summed E-state index contributed by atoms with van der Waals surface area (Å²) in [4.78, 5) is 14.9. The second kappa shape index (κ2) is 5.17. The maximum Gasteiger partial charge on any atom is 0.335 e. The Kier molecular flexibility index (Phi) is 3.21. The molecule has 4 nitrogen and oxygen atoms in total. The number of carbonyl (C=O) groups is 1. The molecule has 2 aromatic heterocycles. The minimum Gasteiger partial charge on any atom is -0.478 e. The Morgan fingerprint density at radius 2 is 1.90 bits per heavy atom. The van der Waals surface area contributed by atoms with Gasteiger partial charge in [0.15, 0.2) is 0 Å². The topological polar surface area (TPSA) is 54.6 Å². The molecule has 3 rings (SSSR count). The van der Waals surface area contributed by atoms with Crippen LogP contribution in [0.3, 0.4) is 0 Å².